The molecule has 2 aromatic heterocycles. The van der Waals surface area contributed by atoms with E-state index in [-0.39, 0.29) is 24.5 Å². The summed E-state index contributed by atoms with van der Waals surface area (Å²) in [5.41, 5.74) is 2.08. The molecule has 1 saturated heterocycles. The SMILES string of the molecule is Cc1ccccc1-c1noc(CN2CCN(C(=O)CCC(=O)c3cccs3)CC2)n1. The number of carbonyl (C=O) groups is 2. The van der Waals surface area contributed by atoms with Gasteiger partial charge in [-0.05, 0) is 23.9 Å². The van der Waals surface area contributed by atoms with Gasteiger partial charge >= 0.3 is 0 Å². The van der Waals surface area contributed by atoms with Gasteiger partial charge in [0.1, 0.15) is 0 Å². The average molecular weight is 425 g/mol. The summed E-state index contributed by atoms with van der Waals surface area (Å²) in [5, 5.41) is 5.99. The van der Waals surface area contributed by atoms with E-state index in [2.05, 4.69) is 15.0 Å². The smallest absolute Gasteiger partial charge is 0.241 e. The number of hydrogen-bond donors (Lipinski definition) is 0. The van der Waals surface area contributed by atoms with Crippen molar-refractivity contribution < 1.29 is 14.1 Å². The summed E-state index contributed by atoms with van der Waals surface area (Å²) in [7, 11) is 0. The molecular weight excluding hydrogens is 400 g/mol. The quantitative estimate of drug-likeness (QED) is 0.541. The Labute approximate surface area is 179 Å². The van der Waals surface area contributed by atoms with Gasteiger partial charge in [-0.15, -0.1) is 11.3 Å². The van der Waals surface area contributed by atoms with Gasteiger partial charge in [0.2, 0.25) is 17.6 Å². The van der Waals surface area contributed by atoms with Gasteiger partial charge in [-0.2, -0.15) is 4.98 Å². The number of ketones is 1. The Kier molecular flexibility index (Phi) is 6.35. The largest absolute Gasteiger partial charge is 0.340 e. The van der Waals surface area contributed by atoms with Crippen molar-refractivity contribution in [1.82, 2.24) is 19.9 Å². The fourth-order valence-corrected chi connectivity index (χ4v) is 4.23. The van der Waals surface area contributed by atoms with Gasteiger partial charge in [-0.3, -0.25) is 14.5 Å². The van der Waals surface area contributed by atoms with Crippen LogP contribution in [0.25, 0.3) is 11.4 Å². The molecule has 1 aliphatic rings. The van der Waals surface area contributed by atoms with E-state index in [0.29, 0.717) is 31.3 Å². The van der Waals surface area contributed by atoms with Crippen molar-refractivity contribution in [2.45, 2.75) is 26.3 Å². The van der Waals surface area contributed by atoms with Crippen LogP contribution in [0.1, 0.15) is 34.0 Å². The Morgan fingerprint density at radius 1 is 1.07 bits per heavy atom. The first kappa shape index (κ1) is 20.4. The molecule has 0 spiro atoms. The first-order valence-corrected chi connectivity index (χ1v) is 10.9. The summed E-state index contributed by atoms with van der Waals surface area (Å²) < 4.78 is 5.43. The van der Waals surface area contributed by atoms with Crippen molar-refractivity contribution in [3.05, 3.63) is 58.1 Å². The number of amides is 1. The fourth-order valence-electron chi connectivity index (χ4n) is 3.54. The maximum absolute atomic E-state index is 12.4. The van der Waals surface area contributed by atoms with E-state index in [0.717, 1.165) is 29.1 Å². The van der Waals surface area contributed by atoms with E-state index in [4.69, 9.17) is 4.52 Å². The zero-order valence-electron chi connectivity index (χ0n) is 16.9. The highest BCUT2D eigenvalue weighted by atomic mass is 32.1. The number of rotatable bonds is 7. The van der Waals surface area contributed by atoms with E-state index in [1.807, 2.05) is 47.5 Å². The predicted octanol–water partition coefficient (Wildman–Crippen LogP) is 3.41. The lowest BCUT2D eigenvalue weighted by Crippen LogP contribution is -2.48. The van der Waals surface area contributed by atoms with Crippen molar-refractivity contribution in [2.75, 3.05) is 26.2 Å². The van der Waals surface area contributed by atoms with E-state index >= 15 is 0 Å². The normalized spacial score (nSPS) is 14.8. The van der Waals surface area contributed by atoms with Gasteiger partial charge in [0, 0.05) is 44.6 Å². The highest BCUT2D eigenvalue weighted by Gasteiger charge is 2.23. The summed E-state index contributed by atoms with van der Waals surface area (Å²) >= 11 is 1.42. The zero-order valence-corrected chi connectivity index (χ0v) is 17.7. The number of hydrogen-bond acceptors (Lipinski definition) is 7. The van der Waals surface area contributed by atoms with Gasteiger partial charge in [-0.1, -0.05) is 35.5 Å². The monoisotopic (exact) mass is 424 g/mol. The van der Waals surface area contributed by atoms with E-state index < -0.39 is 0 Å². The molecule has 156 valence electrons. The molecular formula is C22H24N4O3S. The lowest BCUT2D eigenvalue weighted by atomic mass is 10.1. The van der Waals surface area contributed by atoms with Gasteiger partial charge in [0.15, 0.2) is 5.78 Å². The molecule has 1 aromatic carbocycles. The van der Waals surface area contributed by atoms with Crippen LogP contribution < -0.4 is 0 Å². The Bertz CT molecular complexity index is 1010. The van der Waals surface area contributed by atoms with Crippen LogP contribution in [0.15, 0.2) is 46.3 Å². The maximum atomic E-state index is 12.4. The topological polar surface area (TPSA) is 79.5 Å². The molecule has 3 heterocycles. The summed E-state index contributed by atoms with van der Waals surface area (Å²) in [6.45, 7) is 5.36. The Morgan fingerprint density at radius 3 is 2.60 bits per heavy atom. The van der Waals surface area contributed by atoms with Crippen LogP contribution in [0.3, 0.4) is 0 Å². The number of thiophene rings is 1. The first-order chi connectivity index (χ1) is 14.6. The third kappa shape index (κ3) is 4.83. The molecule has 4 rings (SSSR count). The number of Topliss-reactive ketones (excluding diaryl/α,β-unsaturated/α-hetero) is 1. The minimum absolute atomic E-state index is 0.0397. The number of aryl methyl sites for hydroxylation is 1. The van der Waals surface area contributed by atoms with Gasteiger partial charge in [-0.25, -0.2) is 0 Å². The average Bonchev–Trinajstić information content (AvgIpc) is 3.45. The second-order valence-electron chi connectivity index (χ2n) is 7.38. The number of nitrogens with zero attached hydrogens (tertiary/aromatic N) is 4. The van der Waals surface area contributed by atoms with E-state index in [1.165, 1.54) is 11.3 Å². The third-order valence-corrected chi connectivity index (χ3v) is 6.21. The lowest BCUT2D eigenvalue weighted by molar-refractivity contribution is -0.133. The lowest BCUT2D eigenvalue weighted by Gasteiger charge is -2.34. The predicted molar refractivity (Wildman–Crippen MR) is 114 cm³/mol. The van der Waals surface area contributed by atoms with Crippen molar-refractivity contribution in [2.24, 2.45) is 0 Å². The van der Waals surface area contributed by atoms with Crippen LogP contribution in [0.4, 0.5) is 0 Å². The van der Waals surface area contributed by atoms with Crippen LogP contribution >= 0.6 is 11.3 Å². The number of piperazine rings is 1. The van der Waals surface area contributed by atoms with Crippen molar-refractivity contribution >= 4 is 23.0 Å². The van der Waals surface area contributed by atoms with Crippen LogP contribution in [0.2, 0.25) is 0 Å². The zero-order chi connectivity index (χ0) is 20.9. The molecule has 1 amide bonds. The molecule has 0 saturated carbocycles. The molecule has 0 N–H and O–H groups in total. The summed E-state index contributed by atoms with van der Waals surface area (Å²) in [4.78, 5) is 33.8. The number of aromatic nitrogens is 2. The summed E-state index contributed by atoms with van der Waals surface area (Å²) in [6, 6.07) is 11.6. The maximum Gasteiger partial charge on any atom is 0.241 e. The molecule has 3 aromatic rings. The van der Waals surface area contributed by atoms with Gasteiger partial charge in [0.05, 0.1) is 11.4 Å². The second kappa shape index (κ2) is 9.32. The summed E-state index contributed by atoms with van der Waals surface area (Å²) in [5.74, 6) is 1.26. The molecule has 30 heavy (non-hydrogen) atoms. The number of benzene rings is 1. The van der Waals surface area contributed by atoms with E-state index in [1.54, 1.807) is 6.07 Å². The van der Waals surface area contributed by atoms with Gasteiger partial charge < -0.3 is 9.42 Å². The van der Waals surface area contributed by atoms with Crippen molar-refractivity contribution in [3.63, 3.8) is 0 Å². The van der Waals surface area contributed by atoms with Crippen LogP contribution in [0, 0.1) is 6.92 Å². The summed E-state index contributed by atoms with van der Waals surface area (Å²) in [6.07, 6.45) is 0.531. The van der Waals surface area contributed by atoms with Crippen molar-refractivity contribution in [3.8, 4) is 11.4 Å². The third-order valence-electron chi connectivity index (χ3n) is 5.30. The van der Waals surface area contributed by atoms with Crippen LogP contribution in [-0.4, -0.2) is 57.8 Å². The molecule has 0 radical (unpaired) electrons. The minimum atomic E-state index is 0.0397. The Morgan fingerprint density at radius 2 is 1.87 bits per heavy atom. The minimum Gasteiger partial charge on any atom is -0.340 e. The standard InChI is InChI=1S/C22H24N4O3S/c1-16-5-2-3-6-17(16)22-23-20(29-24-22)15-25-10-12-26(13-11-25)21(28)9-8-18(27)19-7-4-14-30-19/h2-7,14H,8-13,15H2,1H3. The van der Waals surface area contributed by atoms with Crippen LogP contribution in [-0.2, 0) is 11.3 Å². The second-order valence-corrected chi connectivity index (χ2v) is 8.33. The Hall–Kier alpha value is -2.84. The highest BCUT2D eigenvalue weighted by Crippen LogP contribution is 2.20. The first-order valence-electron chi connectivity index (χ1n) is 10.1. The molecule has 0 unspecified atom stereocenters. The molecule has 7 nitrogen and oxygen atoms in total. The molecule has 8 heteroatoms. The molecule has 1 aliphatic heterocycles. The molecule has 0 aliphatic carbocycles. The molecule has 0 bridgehead atoms. The van der Waals surface area contributed by atoms with Gasteiger partial charge in [0.25, 0.3) is 0 Å². The van der Waals surface area contributed by atoms with E-state index in [9.17, 15) is 9.59 Å². The Balaban J connectivity index is 1.24. The number of carbonyl (C=O) groups excluding carboxylic acids is 2. The molecule has 0 atom stereocenters. The van der Waals surface area contributed by atoms with Crippen LogP contribution in [0.5, 0.6) is 0 Å². The highest BCUT2D eigenvalue weighted by molar-refractivity contribution is 7.12. The fraction of sp³-hybridized carbons (Fsp3) is 0.364. The molecule has 1 fully saturated rings. The van der Waals surface area contributed by atoms with Crippen molar-refractivity contribution in [1.29, 1.82) is 0 Å².